The van der Waals surface area contributed by atoms with E-state index in [9.17, 15) is 9.59 Å². The number of nitrogens with one attached hydrogen (secondary N) is 1. The number of rotatable bonds is 19. The molecule has 0 aliphatic rings. The zero-order valence-corrected chi connectivity index (χ0v) is 15.6. The number of Topliss-reactive ketones (excluding diaryl/α,β-unsaturated/α-hetero) is 1. The van der Waals surface area contributed by atoms with Gasteiger partial charge in [0, 0.05) is 26.4 Å². The zero-order valence-electron chi connectivity index (χ0n) is 15.6. The highest BCUT2D eigenvalue weighted by molar-refractivity contribution is 5.77. The van der Waals surface area contributed by atoms with Gasteiger partial charge < -0.3 is 29.0 Å². The molecule has 0 saturated carbocycles. The van der Waals surface area contributed by atoms with Crippen LogP contribution in [0.5, 0.6) is 0 Å². The van der Waals surface area contributed by atoms with E-state index in [1.54, 1.807) is 0 Å². The molecule has 0 spiro atoms. The van der Waals surface area contributed by atoms with Crippen molar-refractivity contribution >= 4 is 11.7 Å². The quantitative estimate of drug-likeness (QED) is 0.336. The summed E-state index contributed by atoms with van der Waals surface area (Å²) in [5.41, 5.74) is 0. The lowest BCUT2D eigenvalue weighted by Crippen LogP contribution is -2.31. The summed E-state index contributed by atoms with van der Waals surface area (Å²) in [6.07, 6.45) is 1.89. The van der Waals surface area contributed by atoms with Crippen LogP contribution in [0.1, 0.15) is 26.7 Å². The molecule has 0 aliphatic carbocycles. The molecular weight excluding hydrogens is 330 g/mol. The largest absolute Gasteiger partial charge is 0.381 e. The summed E-state index contributed by atoms with van der Waals surface area (Å²) in [5, 5.41) is 2.68. The van der Waals surface area contributed by atoms with E-state index in [0.29, 0.717) is 52.8 Å². The Morgan fingerprint density at radius 3 is 1.92 bits per heavy atom. The summed E-state index contributed by atoms with van der Waals surface area (Å²) in [7, 11) is 0. The zero-order chi connectivity index (χ0) is 18.6. The fourth-order valence-electron chi connectivity index (χ4n) is 1.64. The Labute approximate surface area is 150 Å². The van der Waals surface area contributed by atoms with E-state index >= 15 is 0 Å². The standard InChI is InChI=1S/C17H33NO7/c1-3-6-21-7-4-8-22-10-13-25-15-17(20)18-5-9-23-11-12-24-14-16(2)19/h3-15H2,1-2H3,(H,18,20). The highest BCUT2D eigenvalue weighted by Crippen LogP contribution is 1.88. The minimum Gasteiger partial charge on any atom is -0.381 e. The van der Waals surface area contributed by atoms with Crippen LogP contribution in [0, 0.1) is 0 Å². The van der Waals surface area contributed by atoms with Gasteiger partial charge in [-0.15, -0.1) is 0 Å². The molecule has 0 rings (SSSR count). The summed E-state index contributed by atoms with van der Waals surface area (Å²) >= 11 is 0. The van der Waals surface area contributed by atoms with Crippen LogP contribution in [-0.4, -0.2) is 84.3 Å². The van der Waals surface area contributed by atoms with Gasteiger partial charge >= 0.3 is 0 Å². The normalized spacial score (nSPS) is 10.8. The summed E-state index contributed by atoms with van der Waals surface area (Å²) in [6, 6.07) is 0. The van der Waals surface area contributed by atoms with Crippen LogP contribution < -0.4 is 5.32 Å². The Morgan fingerprint density at radius 1 is 0.720 bits per heavy atom. The van der Waals surface area contributed by atoms with Crippen LogP contribution in [0.25, 0.3) is 0 Å². The molecule has 1 amide bonds. The molecule has 8 heteroatoms. The van der Waals surface area contributed by atoms with Crippen LogP contribution in [0.4, 0.5) is 0 Å². The second-order valence-corrected chi connectivity index (χ2v) is 5.35. The van der Waals surface area contributed by atoms with E-state index in [-0.39, 0.29) is 24.9 Å². The molecule has 0 unspecified atom stereocenters. The maximum atomic E-state index is 11.5. The monoisotopic (exact) mass is 363 g/mol. The number of ether oxygens (including phenoxy) is 5. The van der Waals surface area contributed by atoms with Gasteiger partial charge in [-0.1, -0.05) is 6.92 Å². The Balaban J connectivity index is 3.17. The SMILES string of the molecule is CCCOCCCOCCOCC(=O)NCCOCCOCC(C)=O. The maximum Gasteiger partial charge on any atom is 0.246 e. The fourth-order valence-corrected chi connectivity index (χ4v) is 1.64. The van der Waals surface area contributed by atoms with Crippen molar-refractivity contribution in [2.24, 2.45) is 0 Å². The first-order valence-electron chi connectivity index (χ1n) is 8.81. The number of ketones is 1. The van der Waals surface area contributed by atoms with Crippen molar-refractivity contribution in [3.63, 3.8) is 0 Å². The van der Waals surface area contributed by atoms with Gasteiger partial charge in [-0.3, -0.25) is 9.59 Å². The number of carbonyl (C=O) groups excluding carboxylic acids is 2. The molecule has 1 N–H and O–H groups in total. The molecule has 0 aromatic heterocycles. The van der Waals surface area contributed by atoms with Gasteiger partial charge in [-0.2, -0.15) is 0 Å². The minimum atomic E-state index is -0.190. The van der Waals surface area contributed by atoms with Crippen molar-refractivity contribution in [3.05, 3.63) is 0 Å². The molecule has 0 aliphatic heterocycles. The predicted molar refractivity (Wildman–Crippen MR) is 92.7 cm³/mol. The Bertz CT molecular complexity index is 326. The molecule has 148 valence electrons. The summed E-state index contributed by atoms with van der Waals surface area (Å²) in [6.45, 7) is 8.17. The van der Waals surface area contributed by atoms with Gasteiger partial charge in [0.05, 0.1) is 33.0 Å². The highest BCUT2D eigenvalue weighted by Gasteiger charge is 2.01. The van der Waals surface area contributed by atoms with Gasteiger partial charge in [0.1, 0.15) is 13.2 Å². The number of hydrogen-bond acceptors (Lipinski definition) is 7. The Kier molecular flexibility index (Phi) is 18.5. The molecule has 0 heterocycles. The van der Waals surface area contributed by atoms with Crippen LogP contribution in [0.15, 0.2) is 0 Å². The lowest BCUT2D eigenvalue weighted by molar-refractivity contribution is -0.126. The molecule has 0 saturated heterocycles. The third kappa shape index (κ3) is 20.9. The van der Waals surface area contributed by atoms with E-state index in [1.165, 1.54) is 6.92 Å². The predicted octanol–water partition coefficient (Wildman–Crippen LogP) is 0.575. The second kappa shape index (κ2) is 19.3. The van der Waals surface area contributed by atoms with Crippen molar-refractivity contribution in [1.29, 1.82) is 0 Å². The molecular formula is C17H33NO7. The molecule has 0 aromatic rings. The van der Waals surface area contributed by atoms with Crippen molar-refractivity contribution in [2.75, 3.05) is 72.6 Å². The average molecular weight is 363 g/mol. The van der Waals surface area contributed by atoms with E-state index in [4.69, 9.17) is 23.7 Å². The van der Waals surface area contributed by atoms with Crippen LogP contribution in [-0.2, 0) is 33.3 Å². The number of hydrogen-bond donors (Lipinski definition) is 1. The van der Waals surface area contributed by atoms with Crippen LogP contribution in [0.2, 0.25) is 0 Å². The van der Waals surface area contributed by atoms with Gasteiger partial charge in [0.15, 0.2) is 5.78 Å². The van der Waals surface area contributed by atoms with Crippen molar-refractivity contribution in [2.45, 2.75) is 26.7 Å². The smallest absolute Gasteiger partial charge is 0.246 e. The molecule has 0 bridgehead atoms. The molecule has 0 aromatic carbocycles. The molecule has 0 radical (unpaired) electrons. The molecule has 8 nitrogen and oxygen atoms in total. The van der Waals surface area contributed by atoms with Gasteiger partial charge in [0.25, 0.3) is 0 Å². The van der Waals surface area contributed by atoms with Crippen molar-refractivity contribution in [3.8, 4) is 0 Å². The first kappa shape index (κ1) is 23.9. The summed E-state index contributed by atoms with van der Waals surface area (Å²) in [4.78, 5) is 22.1. The highest BCUT2D eigenvalue weighted by atomic mass is 16.5. The first-order valence-corrected chi connectivity index (χ1v) is 8.81. The molecule has 0 atom stereocenters. The topological polar surface area (TPSA) is 92.3 Å². The van der Waals surface area contributed by atoms with Gasteiger partial charge in [0.2, 0.25) is 5.91 Å². The van der Waals surface area contributed by atoms with Crippen LogP contribution in [0.3, 0.4) is 0 Å². The van der Waals surface area contributed by atoms with E-state index in [0.717, 1.165) is 19.4 Å². The second-order valence-electron chi connectivity index (χ2n) is 5.35. The van der Waals surface area contributed by atoms with Gasteiger partial charge in [-0.25, -0.2) is 0 Å². The number of carbonyl (C=O) groups is 2. The number of amides is 1. The van der Waals surface area contributed by atoms with E-state index in [1.807, 2.05) is 0 Å². The lowest BCUT2D eigenvalue weighted by atomic mass is 10.5. The molecule has 0 fully saturated rings. The van der Waals surface area contributed by atoms with Crippen LogP contribution >= 0.6 is 0 Å². The Morgan fingerprint density at radius 2 is 1.28 bits per heavy atom. The third-order valence-electron chi connectivity index (χ3n) is 2.78. The average Bonchev–Trinajstić information content (AvgIpc) is 2.58. The first-order chi connectivity index (χ1) is 12.2. The van der Waals surface area contributed by atoms with E-state index in [2.05, 4.69) is 12.2 Å². The fraction of sp³-hybridized carbons (Fsp3) is 0.882. The lowest BCUT2D eigenvalue weighted by Gasteiger charge is -2.08. The van der Waals surface area contributed by atoms with Crippen molar-refractivity contribution in [1.82, 2.24) is 5.32 Å². The van der Waals surface area contributed by atoms with E-state index < -0.39 is 0 Å². The van der Waals surface area contributed by atoms with Crippen molar-refractivity contribution < 1.29 is 33.3 Å². The molecule has 25 heavy (non-hydrogen) atoms. The minimum absolute atomic E-state index is 0.00466. The summed E-state index contributed by atoms with van der Waals surface area (Å²) < 4.78 is 26.2. The third-order valence-corrected chi connectivity index (χ3v) is 2.78. The summed E-state index contributed by atoms with van der Waals surface area (Å²) in [5.74, 6) is -0.206. The van der Waals surface area contributed by atoms with Gasteiger partial charge in [-0.05, 0) is 19.8 Å². The maximum absolute atomic E-state index is 11.5. The Hall–Kier alpha value is -1.06.